The first-order chi connectivity index (χ1) is 7.18. The van der Waals surface area contributed by atoms with Gasteiger partial charge in [-0.05, 0) is 6.42 Å². The van der Waals surface area contributed by atoms with Crippen molar-refractivity contribution >= 4 is 12.0 Å². The molecule has 0 aliphatic carbocycles. The van der Waals surface area contributed by atoms with Gasteiger partial charge in [0.1, 0.15) is 6.54 Å². The molecule has 0 bridgehead atoms. The largest absolute Gasteiger partial charge is 0.480 e. The Kier molecular flexibility index (Phi) is 2.77. The number of rotatable bonds is 3. The Morgan fingerprint density at radius 1 is 1.53 bits per heavy atom. The number of hydrogen-bond acceptors (Lipinski definition) is 3. The minimum Gasteiger partial charge on any atom is -0.480 e. The van der Waals surface area contributed by atoms with Gasteiger partial charge in [-0.15, -0.1) is 0 Å². The molecule has 0 spiro atoms. The molecule has 1 N–H and O–H groups in total. The van der Waals surface area contributed by atoms with Crippen LogP contribution in [0.2, 0.25) is 0 Å². The Hall–Kier alpha value is -1.30. The molecule has 2 rings (SSSR count). The van der Waals surface area contributed by atoms with Crippen molar-refractivity contribution in [2.45, 2.75) is 12.5 Å². The van der Waals surface area contributed by atoms with Crippen molar-refractivity contribution < 1.29 is 19.4 Å². The zero-order chi connectivity index (χ0) is 10.8. The van der Waals surface area contributed by atoms with Gasteiger partial charge in [0.15, 0.2) is 0 Å². The third-order valence-electron chi connectivity index (χ3n) is 2.80. The van der Waals surface area contributed by atoms with Crippen molar-refractivity contribution in [3.8, 4) is 0 Å². The van der Waals surface area contributed by atoms with Gasteiger partial charge in [0.25, 0.3) is 0 Å². The van der Waals surface area contributed by atoms with Crippen LogP contribution in [0.25, 0.3) is 0 Å². The highest BCUT2D eigenvalue weighted by Gasteiger charge is 2.35. The predicted molar refractivity (Wildman–Crippen MR) is 50.5 cm³/mol. The van der Waals surface area contributed by atoms with Gasteiger partial charge in [-0.25, -0.2) is 4.79 Å². The van der Waals surface area contributed by atoms with Crippen molar-refractivity contribution in [2.24, 2.45) is 0 Å². The molecule has 0 aromatic heterocycles. The number of carboxylic acid groups (broad SMARTS) is 1. The van der Waals surface area contributed by atoms with Gasteiger partial charge < -0.3 is 19.6 Å². The van der Waals surface area contributed by atoms with Crippen molar-refractivity contribution in [1.29, 1.82) is 0 Å². The summed E-state index contributed by atoms with van der Waals surface area (Å²) in [6.45, 7) is 2.17. The summed E-state index contributed by atoms with van der Waals surface area (Å²) in [6, 6.07) is -0.0378. The van der Waals surface area contributed by atoms with Crippen molar-refractivity contribution in [3.63, 3.8) is 0 Å². The van der Waals surface area contributed by atoms with Gasteiger partial charge in [0.05, 0.1) is 12.6 Å². The van der Waals surface area contributed by atoms with Crippen LogP contribution in [0.5, 0.6) is 0 Å². The van der Waals surface area contributed by atoms with Crippen LogP contribution in [0.3, 0.4) is 0 Å². The Bertz CT molecular complexity index is 275. The summed E-state index contributed by atoms with van der Waals surface area (Å²) in [5.41, 5.74) is 0. The zero-order valence-corrected chi connectivity index (χ0v) is 8.39. The second kappa shape index (κ2) is 4.06. The van der Waals surface area contributed by atoms with E-state index in [4.69, 9.17) is 9.84 Å². The van der Waals surface area contributed by atoms with Gasteiger partial charge in [-0.2, -0.15) is 0 Å². The molecular formula is C9H14N2O4. The normalized spacial score (nSPS) is 26.4. The molecule has 2 saturated heterocycles. The number of carboxylic acids is 1. The lowest BCUT2D eigenvalue weighted by Crippen LogP contribution is -2.40. The number of amides is 2. The zero-order valence-electron chi connectivity index (χ0n) is 8.39. The first-order valence-electron chi connectivity index (χ1n) is 5.03. The molecule has 2 aliphatic heterocycles. The minimum absolute atomic E-state index is 0.135. The fourth-order valence-corrected chi connectivity index (χ4v) is 2.02. The van der Waals surface area contributed by atoms with Gasteiger partial charge in [-0.3, -0.25) is 4.79 Å². The number of ether oxygens (including phenoxy) is 1. The molecular weight excluding hydrogens is 200 g/mol. The summed E-state index contributed by atoms with van der Waals surface area (Å²) in [6.07, 6.45) is 0.854. The monoisotopic (exact) mass is 214 g/mol. The summed E-state index contributed by atoms with van der Waals surface area (Å²) in [5, 5.41) is 8.61. The van der Waals surface area contributed by atoms with E-state index in [0.29, 0.717) is 26.3 Å². The fraction of sp³-hybridized carbons (Fsp3) is 0.778. The first kappa shape index (κ1) is 10.2. The highest BCUT2D eigenvalue weighted by Crippen LogP contribution is 2.18. The molecule has 0 radical (unpaired) electrons. The van der Waals surface area contributed by atoms with Crippen LogP contribution < -0.4 is 0 Å². The fourth-order valence-electron chi connectivity index (χ4n) is 2.02. The number of hydrogen-bond donors (Lipinski definition) is 1. The number of nitrogens with zero attached hydrogens (tertiary/aromatic N) is 2. The average molecular weight is 214 g/mol. The van der Waals surface area contributed by atoms with Crippen LogP contribution in [0.15, 0.2) is 0 Å². The van der Waals surface area contributed by atoms with E-state index in [9.17, 15) is 9.59 Å². The SMILES string of the molecule is O=C(O)CN1CCN(C2CCOC2)C1=O. The Balaban J connectivity index is 1.94. The van der Waals surface area contributed by atoms with Crippen molar-refractivity contribution in [1.82, 2.24) is 9.80 Å². The lowest BCUT2D eigenvalue weighted by atomic mass is 10.2. The molecule has 2 fully saturated rings. The van der Waals surface area contributed by atoms with Crippen LogP contribution in [0, 0.1) is 0 Å². The van der Waals surface area contributed by atoms with Gasteiger partial charge in [-0.1, -0.05) is 0 Å². The molecule has 84 valence electrons. The minimum atomic E-state index is -0.965. The second-order valence-electron chi connectivity index (χ2n) is 3.81. The van der Waals surface area contributed by atoms with Crippen LogP contribution in [0.1, 0.15) is 6.42 Å². The van der Waals surface area contributed by atoms with Gasteiger partial charge >= 0.3 is 12.0 Å². The third-order valence-corrected chi connectivity index (χ3v) is 2.80. The summed E-state index contributed by atoms with van der Waals surface area (Å²) in [7, 11) is 0. The van der Waals surface area contributed by atoms with E-state index < -0.39 is 5.97 Å². The second-order valence-corrected chi connectivity index (χ2v) is 3.81. The van der Waals surface area contributed by atoms with Crippen molar-refractivity contribution in [3.05, 3.63) is 0 Å². The summed E-state index contributed by atoms with van der Waals surface area (Å²) in [5.74, 6) is -0.965. The highest BCUT2D eigenvalue weighted by molar-refractivity contribution is 5.81. The molecule has 15 heavy (non-hydrogen) atoms. The quantitative estimate of drug-likeness (QED) is 0.693. The van der Waals surface area contributed by atoms with E-state index in [-0.39, 0.29) is 18.6 Å². The number of urea groups is 1. The summed E-state index contributed by atoms with van der Waals surface area (Å²) in [4.78, 5) is 25.3. The van der Waals surface area contributed by atoms with Crippen molar-refractivity contribution in [2.75, 3.05) is 32.8 Å². The van der Waals surface area contributed by atoms with E-state index in [1.165, 1.54) is 4.90 Å². The average Bonchev–Trinajstić information content (AvgIpc) is 2.76. The standard InChI is InChI=1S/C9H14N2O4/c12-8(13)5-10-2-3-11(9(10)14)7-1-4-15-6-7/h7H,1-6H2,(H,12,13). The molecule has 2 aliphatic rings. The lowest BCUT2D eigenvalue weighted by Gasteiger charge is -2.22. The Labute approximate surface area is 87.4 Å². The summed E-state index contributed by atoms with van der Waals surface area (Å²) >= 11 is 0. The first-order valence-corrected chi connectivity index (χ1v) is 5.03. The van der Waals surface area contributed by atoms with E-state index in [2.05, 4.69) is 0 Å². The van der Waals surface area contributed by atoms with E-state index in [1.54, 1.807) is 4.90 Å². The molecule has 6 nitrogen and oxygen atoms in total. The number of carbonyl (C=O) groups is 2. The molecule has 1 unspecified atom stereocenters. The molecule has 0 aromatic rings. The molecule has 6 heteroatoms. The number of aliphatic carboxylic acids is 1. The van der Waals surface area contributed by atoms with Crippen LogP contribution in [-0.2, 0) is 9.53 Å². The Morgan fingerprint density at radius 3 is 2.93 bits per heavy atom. The topological polar surface area (TPSA) is 70.1 Å². The highest BCUT2D eigenvalue weighted by atomic mass is 16.5. The molecule has 0 saturated carbocycles. The maximum atomic E-state index is 11.8. The maximum absolute atomic E-state index is 11.8. The van der Waals surface area contributed by atoms with Crippen LogP contribution >= 0.6 is 0 Å². The summed E-state index contributed by atoms with van der Waals surface area (Å²) < 4.78 is 5.21. The molecule has 2 heterocycles. The van der Waals surface area contributed by atoms with Gasteiger partial charge in [0, 0.05) is 19.7 Å². The van der Waals surface area contributed by atoms with Gasteiger partial charge in [0.2, 0.25) is 0 Å². The van der Waals surface area contributed by atoms with E-state index in [0.717, 1.165) is 6.42 Å². The third kappa shape index (κ3) is 2.04. The van der Waals surface area contributed by atoms with Crippen LogP contribution in [0.4, 0.5) is 4.79 Å². The maximum Gasteiger partial charge on any atom is 0.323 e. The lowest BCUT2D eigenvalue weighted by molar-refractivity contribution is -0.137. The molecule has 2 amide bonds. The molecule has 0 aromatic carbocycles. The Morgan fingerprint density at radius 2 is 2.33 bits per heavy atom. The predicted octanol–water partition coefficient (Wildman–Crippen LogP) is -0.403. The molecule has 1 atom stereocenters. The van der Waals surface area contributed by atoms with E-state index >= 15 is 0 Å². The van der Waals surface area contributed by atoms with Crippen LogP contribution in [-0.4, -0.2) is 65.8 Å². The van der Waals surface area contributed by atoms with E-state index in [1.807, 2.05) is 0 Å². The number of carbonyl (C=O) groups excluding carboxylic acids is 1. The smallest absolute Gasteiger partial charge is 0.323 e.